The van der Waals surface area contributed by atoms with Crippen molar-refractivity contribution in [2.75, 3.05) is 11.4 Å². The number of amides is 1. The number of anilines is 1. The molecule has 0 aromatic carbocycles. The summed E-state index contributed by atoms with van der Waals surface area (Å²) in [5.74, 6) is -1.31. The predicted molar refractivity (Wildman–Crippen MR) is 60.7 cm³/mol. The zero-order valence-electron chi connectivity index (χ0n) is 9.62. The number of primary amides is 1. The average molecular weight is 238 g/mol. The molecule has 0 aliphatic heterocycles. The van der Waals surface area contributed by atoms with E-state index in [4.69, 9.17) is 10.8 Å². The van der Waals surface area contributed by atoms with Gasteiger partial charge in [0.2, 0.25) is 11.9 Å². The van der Waals surface area contributed by atoms with E-state index >= 15 is 0 Å². The number of aromatic nitrogens is 2. The minimum atomic E-state index is -1.09. The fraction of sp³-hybridized carbons (Fsp3) is 0.400. The van der Waals surface area contributed by atoms with Crippen LogP contribution in [0.15, 0.2) is 12.4 Å². The van der Waals surface area contributed by atoms with Crippen LogP contribution in [-0.4, -0.2) is 39.5 Å². The molecule has 0 atom stereocenters. The topological polar surface area (TPSA) is 109 Å². The van der Waals surface area contributed by atoms with Crippen LogP contribution in [0.25, 0.3) is 0 Å². The van der Waals surface area contributed by atoms with Crippen molar-refractivity contribution in [2.45, 2.75) is 19.9 Å². The van der Waals surface area contributed by atoms with Gasteiger partial charge >= 0.3 is 5.97 Å². The Kier molecular flexibility index (Phi) is 3.97. The first-order valence-electron chi connectivity index (χ1n) is 5.02. The van der Waals surface area contributed by atoms with Gasteiger partial charge in [-0.25, -0.2) is 14.8 Å². The Morgan fingerprint density at radius 2 is 1.94 bits per heavy atom. The first kappa shape index (κ1) is 12.9. The van der Waals surface area contributed by atoms with Crippen molar-refractivity contribution >= 4 is 17.8 Å². The van der Waals surface area contributed by atoms with Crippen LogP contribution < -0.4 is 10.6 Å². The molecule has 1 aromatic heterocycles. The predicted octanol–water partition coefficient (Wildman–Crippen LogP) is -0.125. The molecule has 0 spiro atoms. The Morgan fingerprint density at radius 3 is 2.29 bits per heavy atom. The van der Waals surface area contributed by atoms with E-state index in [0.717, 1.165) is 0 Å². The fourth-order valence-corrected chi connectivity index (χ4v) is 1.23. The van der Waals surface area contributed by atoms with Crippen LogP contribution >= 0.6 is 0 Å². The number of nitrogens with zero attached hydrogens (tertiary/aromatic N) is 3. The molecule has 1 amide bonds. The van der Waals surface area contributed by atoms with E-state index in [9.17, 15) is 9.59 Å². The van der Waals surface area contributed by atoms with Gasteiger partial charge in [-0.3, -0.25) is 4.79 Å². The highest BCUT2D eigenvalue weighted by molar-refractivity contribution is 5.86. The van der Waals surface area contributed by atoms with Crippen LogP contribution in [-0.2, 0) is 4.79 Å². The fourth-order valence-electron chi connectivity index (χ4n) is 1.23. The van der Waals surface area contributed by atoms with Gasteiger partial charge in [0.05, 0.1) is 12.1 Å². The molecule has 0 saturated carbocycles. The summed E-state index contributed by atoms with van der Waals surface area (Å²) >= 11 is 0. The van der Waals surface area contributed by atoms with Crippen LogP contribution in [0.3, 0.4) is 0 Å². The van der Waals surface area contributed by atoms with Crippen molar-refractivity contribution in [3.05, 3.63) is 18.0 Å². The number of nitrogens with two attached hydrogens (primary N) is 1. The molecule has 0 bridgehead atoms. The number of aromatic carboxylic acids is 1. The molecule has 17 heavy (non-hydrogen) atoms. The maximum Gasteiger partial charge on any atom is 0.338 e. The summed E-state index contributed by atoms with van der Waals surface area (Å²) in [6, 6.07) is -0.0156. The summed E-state index contributed by atoms with van der Waals surface area (Å²) in [6.45, 7) is 3.71. The van der Waals surface area contributed by atoms with Crippen LogP contribution in [0, 0.1) is 0 Å². The number of rotatable bonds is 5. The second kappa shape index (κ2) is 5.24. The first-order chi connectivity index (χ1) is 7.91. The number of carboxylic acids is 1. The molecule has 0 saturated heterocycles. The molecule has 7 nitrogen and oxygen atoms in total. The summed E-state index contributed by atoms with van der Waals surface area (Å²) in [5, 5.41) is 8.70. The normalized spacial score (nSPS) is 10.3. The molecule has 0 fully saturated rings. The van der Waals surface area contributed by atoms with Gasteiger partial charge in [-0.2, -0.15) is 0 Å². The zero-order chi connectivity index (χ0) is 13.0. The highest BCUT2D eigenvalue weighted by Gasteiger charge is 2.16. The quantitative estimate of drug-likeness (QED) is 0.739. The standard InChI is InChI=1S/C10H14N4O3/c1-6(2)14(5-8(11)15)10-12-3-7(4-13-10)9(16)17/h3-4,6H,5H2,1-2H3,(H2,11,15)(H,16,17). The van der Waals surface area contributed by atoms with Gasteiger partial charge in [-0.1, -0.05) is 0 Å². The molecule has 0 radical (unpaired) electrons. The Bertz CT molecular complexity index is 416. The second-order valence-electron chi connectivity index (χ2n) is 3.76. The Balaban J connectivity index is 2.95. The van der Waals surface area contributed by atoms with Gasteiger partial charge in [0.25, 0.3) is 0 Å². The van der Waals surface area contributed by atoms with E-state index in [1.807, 2.05) is 13.8 Å². The maximum absolute atomic E-state index is 10.9. The summed E-state index contributed by atoms with van der Waals surface area (Å²) in [7, 11) is 0. The molecule has 1 rings (SSSR count). The molecule has 92 valence electrons. The van der Waals surface area contributed by atoms with Gasteiger partial charge in [-0.05, 0) is 13.8 Å². The van der Waals surface area contributed by atoms with Crippen LogP contribution in [0.5, 0.6) is 0 Å². The lowest BCUT2D eigenvalue weighted by atomic mass is 10.3. The maximum atomic E-state index is 10.9. The average Bonchev–Trinajstić information content (AvgIpc) is 2.25. The summed E-state index contributed by atoms with van der Waals surface area (Å²) in [5.41, 5.74) is 5.11. The van der Waals surface area contributed by atoms with Crippen molar-refractivity contribution < 1.29 is 14.7 Å². The lowest BCUT2D eigenvalue weighted by Crippen LogP contribution is -2.39. The van der Waals surface area contributed by atoms with Crippen LogP contribution in [0.1, 0.15) is 24.2 Å². The van der Waals surface area contributed by atoms with Gasteiger partial charge < -0.3 is 15.7 Å². The minimum Gasteiger partial charge on any atom is -0.478 e. The van der Waals surface area contributed by atoms with E-state index in [1.54, 1.807) is 4.90 Å². The molecule has 0 aliphatic carbocycles. The number of carboxylic acid groups (broad SMARTS) is 1. The molecule has 0 aliphatic rings. The molecular weight excluding hydrogens is 224 g/mol. The summed E-state index contributed by atoms with van der Waals surface area (Å²) < 4.78 is 0. The third-order valence-electron chi connectivity index (χ3n) is 2.09. The Labute approximate surface area is 98.3 Å². The van der Waals surface area contributed by atoms with Gasteiger partial charge in [0.15, 0.2) is 0 Å². The third-order valence-corrected chi connectivity index (χ3v) is 2.09. The molecular formula is C10H14N4O3. The van der Waals surface area contributed by atoms with E-state index in [0.29, 0.717) is 0 Å². The Hall–Kier alpha value is -2.18. The van der Waals surface area contributed by atoms with Crippen molar-refractivity contribution in [1.29, 1.82) is 0 Å². The molecule has 3 N–H and O–H groups in total. The molecule has 7 heteroatoms. The lowest BCUT2D eigenvalue weighted by molar-refractivity contribution is -0.116. The molecule has 1 aromatic rings. The van der Waals surface area contributed by atoms with Crippen molar-refractivity contribution in [2.24, 2.45) is 5.73 Å². The summed E-state index contributed by atoms with van der Waals surface area (Å²) in [4.78, 5) is 30.9. The Morgan fingerprint density at radius 1 is 1.41 bits per heavy atom. The number of hydrogen-bond donors (Lipinski definition) is 2. The van der Waals surface area contributed by atoms with Gasteiger partial charge in [0.1, 0.15) is 0 Å². The van der Waals surface area contributed by atoms with Crippen molar-refractivity contribution in [3.63, 3.8) is 0 Å². The second-order valence-corrected chi connectivity index (χ2v) is 3.76. The van der Waals surface area contributed by atoms with E-state index in [1.165, 1.54) is 12.4 Å². The van der Waals surface area contributed by atoms with Crippen LogP contribution in [0.4, 0.5) is 5.95 Å². The monoisotopic (exact) mass is 238 g/mol. The highest BCUT2D eigenvalue weighted by Crippen LogP contribution is 2.10. The lowest BCUT2D eigenvalue weighted by Gasteiger charge is -2.24. The van der Waals surface area contributed by atoms with Gasteiger partial charge in [-0.15, -0.1) is 0 Å². The van der Waals surface area contributed by atoms with E-state index in [-0.39, 0.29) is 24.1 Å². The largest absolute Gasteiger partial charge is 0.478 e. The number of carbonyl (C=O) groups excluding carboxylic acids is 1. The third kappa shape index (κ3) is 3.40. The van der Waals surface area contributed by atoms with Gasteiger partial charge in [0, 0.05) is 18.4 Å². The first-order valence-corrected chi connectivity index (χ1v) is 5.02. The zero-order valence-corrected chi connectivity index (χ0v) is 9.62. The van der Waals surface area contributed by atoms with E-state index in [2.05, 4.69) is 9.97 Å². The summed E-state index contributed by atoms with van der Waals surface area (Å²) in [6.07, 6.45) is 2.39. The minimum absolute atomic E-state index is 0.00321. The van der Waals surface area contributed by atoms with Crippen LogP contribution in [0.2, 0.25) is 0 Å². The highest BCUT2D eigenvalue weighted by atomic mass is 16.4. The number of carbonyl (C=O) groups is 2. The smallest absolute Gasteiger partial charge is 0.338 e. The van der Waals surface area contributed by atoms with E-state index < -0.39 is 11.9 Å². The van der Waals surface area contributed by atoms with Crippen molar-refractivity contribution in [3.8, 4) is 0 Å². The number of hydrogen-bond acceptors (Lipinski definition) is 5. The molecule has 0 unspecified atom stereocenters. The molecule has 1 heterocycles. The SMILES string of the molecule is CC(C)N(CC(N)=O)c1ncc(C(=O)O)cn1. The van der Waals surface area contributed by atoms with Crippen molar-refractivity contribution in [1.82, 2.24) is 9.97 Å².